The fourth-order valence-electron chi connectivity index (χ4n) is 1.03. The molecule has 0 saturated carbocycles. The molecule has 1 unspecified atom stereocenters. The smallest absolute Gasteiger partial charge is 0.381 e. The van der Waals surface area contributed by atoms with Crippen LogP contribution in [0.5, 0.6) is 0 Å². The average Bonchev–Trinajstić information content (AvgIpc) is 2.14. The van der Waals surface area contributed by atoms with Gasteiger partial charge < -0.3 is 9.90 Å². The van der Waals surface area contributed by atoms with Crippen molar-refractivity contribution >= 4 is 6.29 Å². The van der Waals surface area contributed by atoms with Crippen molar-refractivity contribution in [2.75, 3.05) is 0 Å². The third kappa shape index (κ3) is 2.76. The summed E-state index contributed by atoms with van der Waals surface area (Å²) < 4.78 is 49.3. The lowest BCUT2D eigenvalue weighted by atomic mass is 10.1. The summed E-state index contributed by atoms with van der Waals surface area (Å²) in [7, 11) is 0. The summed E-state index contributed by atoms with van der Waals surface area (Å²) in [6.45, 7) is 0. The number of rotatable bonds is 2. The summed E-state index contributed by atoms with van der Waals surface area (Å²) >= 11 is 0. The van der Waals surface area contributed by atoms with Gasteiger partial charge in [0.1, 0.15) is 11.9 Å². The van der Waals surface area contributed by atoms with E-state index in [9.17, 15) is 22.4 Å². The molecule has 1 aromatic carbocycles. The Morgan fingerprint density at radius 3 is 2.33 bits per heavy atom. The monoisotopic (exact) mass is 222 g/mol. The summed E-state index contributed by atoms with van der Waals surface area (Å²) in [5.41, 5.74) is -1.66. The fourth-order valence-corrected chi connectivity index (χ4v) is 1.03. The highest BCUT2D eigenvalue weighted by atomic mass is 19.4. The number of alkyl halides is 3. The van der Waals surface area contributed by atoms with E-state index in [1.807, 2.05) is 0 Å². The van der Waals surface area contributed by atoms with Gasteiger partial charge in [-0.3, -0.25) is 0 Å². The molecule has 0 aliphatic carbocycles. The van der Waals surface area contributed by atoms with E-state index in [4.69, 9.17) is 5.11 Å². The van der Waals surface area contributed by atoms with E-state index < -0.39 is 29.2 Å². The maximum absolute atomic E-state index is 12.7. The number of aliphatic hydroxyl groups excluding tert-OH is 1. The second kappa shape index (κ2) is 3.98. The van der Waals surface area contributed by atoms with Gasteiger partial charge in [0.05, 0.1) is 5.56 Å². The molecule has 15 heavy (non-hydrogen) atoms. The van der Waals surface area contributed by atoms with E-state index in [1.54, 1.807) is 0 Å². The van der Waals surface area contributed by atoms with Crippen molar-refractivity contribution in [1.82, 2.24) is 0 Å². The first-order chi connectivity index (χ1) is 6.84. The Bertz CT molecular complexity index is 373. The molecule has 6 heteroatoms. The first-order valence-electron chi connectivity index (χ1n) is 3.85. The van der Waals surface area contributed by atoms with Gasteiger partial charge in [-0.2, -0.15) is 13.2 Å². The molecule has 82 valence electrons. The SMILES string of the molecule is O=CC(O)c1cc(F)cc(C(F)(F)F)c1. The first kappa shape index (κ1) is 11.6. The van der Waals surface area contributed by atoms with Gasteiger partial charge in [-0.1, -0.05) is 0 Å². The van der Waals surface area contributed by atoms with E-state index in [0.717, 1.165) is 0 Å². The van der Waals surface area contributed by atoms with Crippen LogP contribution < -0.4 is 0 Å². The zero-order chi connectivity index (χ0) is 11.6. The molecule has 2 nitrogen and oxygen atoms in total. The molecule has 0 heterocycles. The molecule has 0 bridgehead atoms. The Balaban J connectivity index is 3.22. The Labute approximate surface area is 82.1 Å². The molecule has 0 spiro atoms. The maximum atomic E-state index is 12.7. The summed E-state index contributed by atoms with van der Waals surface area (Å²) in [6, 6.07) is 1.50. The zero-order valence-corrected chi connectivity index (χ0v) is 7.25. The summed E-state index contributed by atoms with van der Waals surface area (Å²) in [5, 5.41) is 8.94. The van der Waals surface area contributed by atoms with E-state index in [2.05, 4.69) is 0 Å². The molecule has 0 aromatic heterocycles. The molecule has 1 N–H and O–H groups in total. The van der Waals surface area contributed by atoms with Gasteiger partial charge in [-0.15, -0.1) is 0 Å². The Kier molecular flexibility index (Phi) is 3.09. The number of carbonyl (C=O) groups is 1. The van der Waals surface area contributed by atoms with Crippen molar-refractivity contribution in [2.24, 2.45) is 0 Å². The number of halogens is 4. The van der Waals surface area contributed by atoms with E-state index >= 15 is 0 Å². The maximum Gasteiger partial charge on any atom is 0.416 e. The van der Waals surface area contributed by atoms with Crippen molar-refractivity contribution in [2.45, 2.75) is 12.3 Å². The normalized spacial score (nSPS) is 13.7. The van der Waals surface area contributed by atoms with E-state index in [-0.39, 0.29) is 6.29 Å². The second-order valence-corrected chi connectivity index (χ2v) is 2.85. The topological polar surface area (TPSA) is 37.3 Å². The quantitative estimate of drug-likeness (QED) is 0.614. The lowest BCUT2D eigenvalue weighted by Crippen LogP contribution is -2.08. The molecule has 0 amide bonds. The predicted molar refractivity (Wildman–Crippen MR) is 42.4 cm³/mol. The van der Waals surface area contributed by atoms with Gasteiger partial charge in [-0.05, 0) is 23.8 Å². The fraction of sp³-hybridized carbons (Fsp3) is 0.222. The lowest BCUT2D eigenvalue weighted by molar-refractivity contribution is -0.138. The first-order valence-corrected chi connectivity index (χ1v) is 3.85. The molecular weight excluding hydrogens is 216 g/mol. The van der Waals surface area contributed by atoms with Crippen molar-refractivity contribution in [3.05, 3.63) is 35.1 Å². The van der Waals surface area contributed by atoms with E-state index in [0.29, 0.717) is 18.2 Å². The number of hydrogen-bond acceptors (Lipinski definition) is 2. The molecule has 0 saturated heterocycles. The minimum absolute atomic E-state index is 0.0227. The van der Waals surface area contributed by atoms with Crippen LogP contribution in [0.4, 0.5) is 17.6 Å². The molecule has 0 radical (unpaired) electrons. The third-order valence-electron chi connectivity index (χ3n) is 1.72. The number of aldehydes is 1. The van der Waals surface area contributed by atoms with Crippen molar-refractivity contribution in [3.8, 4) is 0 Å². The van der Waals surface area contributed by atoms with Crippen LogP contribution >= 0.6 is 0 Å². The standard InChI is InChI=1S/C9H6F4O2/c10-7-2-5(8(15)4-14)1-6(3-7)9(11,12)13/h1-4,8,15H. The molecule has 0 aliphatic heterocycles. The van der Waals surface area contributed by atoms with Gasteiger partial charge in [0.25, 0.3) is 0 Å². The van der Waals surface area contributed by atoms with Crippen molar-refractivity contribution in [3.63, 3.8) is 0 Å². The Morgan fingerprint density at radius 1 is 1.27 bits per heavy atom. The minimum Gasteiger partial charge on any atom is -0.381 e. The van der Waals surface area contributed by atoms with Gasteiger partial charge >= 0.3 is 6.18 Å². The van der Waals surface area contributed by atoms with Crippen LogP contribution in [0.3, 0.4) is 0 Å². The van der Waals surface area contributed by atoms with Crippen molar-refractivity contribution in [1.29, 1.82) is 0 Å². The van der Waals surface area contributed by atoms with Crippen LogP contribution in [0.1, 0.15) is 17.2 Å². The molecule has 0 aliphatic rings. The van der Waals surface area contributed by atoms with Crippen LogP contribution in [-0.4, -0.2) is 11.4 Å². The number of benzene rings is 1. The molecule has 0 fully saturated rings. The highest BCUT2D eigenvalue weighted by Gasteiger charge is 2.31. The zero-order valence-electron chi connectivity index (χ0n) is 7.25. The predicted octanol–water partition coefficient (Wildman–Crippen LogP) is 2.08. The highest BCUT2D eigenvalue weighted by molar-refractivity contribution is 5.59. The Hall–Kier alpha value is -1.43. The van der Waals surface area contributed by atoms with Gasteiger partial charge in [-0.25, -0.2) is 4.39 Å². The van der Waals surface area contributed by atoms with Crippen LogP contribution in [0.25, 0.3) is 0 Å². The third-order valence-corrected chi connectivity index (χ3v) is 1.72. The molecule has 1 aromatic rings. The Morgan fingerprint density at radius 2 is 1.87 bits per heavy atom. The van der Waals surface area contributed by atoms with Gasteiger partial charge in [0, 0.05) is 0 Å². The second-order valence-electron chi connectivity index (χ2n) is 2.85. The van der Waals surface area contributed by atoms with Gasteiger partial charge in [0.15, 0.2) is 6.29 Å². The van der Waals surface area contributed by atoms with Crippen LogP contribution in [0, 0.1) is 5.82 Å². The summed E-state index contributed by atoms with van der Waals surface area (Å²) in [6.07, 6.45) is -6.43. The molecular formula is C9H6F4O2. The number of carbonyl (C=O) groups excluding carboxylic acids is 1. The molecule has 1 rings (SSSR count). The van der Waals surface area contributed by atoms with E-state index in [1.165, 1.54) is 0 Å². The lowest BCUT2D eigenvalue weighted by Gasteiger charge is -2.10. The average molecular weight is 222 g/mol. The largest absolute Gasteiger partial charge is 0.416 e. The highest BCUT2D eigenvalue weighted by Crippen LogP contribution is 2.31. The summed E-state index contributed by atoms with van der Waals surface area (Å²) in [5.74, 6) is -1.15. The number of hydrogen-bond donors (Lipinski definition) is 1. The van der Waals surface area contributed by atoms with Crippen LogP contribution in [0.15, 0.2) is 18.2 Å². The number of aliphatic hydroxyl groups is 1. The van der Waals surface area contributed by atoms with Crippen LogP contribution in [0.2, 0.25) is 0 Å². The van der Waals surface area contributed by atoms with Crippen LogP contribution in [-0.2, 0) is 11.0 Å². The van der Waals surface area contributed by atoms with Gasteiger partial charge in [0.2, 0.25) is 0 Å². The molecule has 1 atom stereocenters. The minimum atomic E-state index is -4.71. The van der Waals surface area contributed by atoms with Crippen molar-refractivity contribution < 1.29 is 27.5 Å². The summed E-state index contributed by atoms with van der Waals surface area (Å²) in [4.78, 5) is 10.1.